The monoisotopic (exact) mass is 549 g/mol. The van der Waals surface area contributed by atoms with Crippen molar-refractivity contribution < 1.29 is 8.78 Å². The highest BCUT2D eigenvalue weighted by molar-refractivity contribution is 8.12. The molecule has 0 saturated heterocycles. The lowest BCUT2D eigenvalue weighted by atomic mass is 9.96. The molecule has 3 aromatic rings. The number of aliphatic imine (C=N–C) groups is 1. The minimum atomic E-state index is -2.53. The van der Waals surface area contributed by atoms with Crippen LogP contribution in [0, 0.1) is 28.1 Å². The number of hydrogen-bond donors (Lipinski definition) is 2. The van der Waals surface area contributed by atoms with Crippen molar-refractivity contribution in [3.63, 3.8) is 0 Å². The van der Waals surface area contributed by atoms with E-state index in [0.29, 0.717) is 58.5 Å². The summed E-state index contributed by atoms with van der Waals surface area (Å²) in [4.78, 5) is 9.05. The van der Waals surface area contributed by atoms with Crippen molar-refractivity contribution in [2.45, 2.75) is 69.8 Å². The van der Waals surface area contributed by atoms with Crippen molar-refractivity contribution in [1.29, 1.82) is 10.5 Å². The average Bonchev–Trinajstić information content (AvgIpc) is 3.37. The predicted molar refractivity (Wildman–Crippen MR) is 148 cm³/mol. The lowest BCUT2D eigenvalue weighted by Crippen LogP contribution is -2.30. The van der Waals surface area contributed by atoms with E-state index in [1.807, 2.05) is 13.0 Å². The normalized spacial score (nSPS) is 20.5. The van der Waals surface area contributed by atoms with Crippen LogP contribution in [-0.2, 0) is 5.54 Å². The van der Waals surface area contributed by atoms with Gasteiger partial charge in [0.2, 0.25) is 0 Å². The first kappa shape index (κ1) is 26.8. The molecule has 0 amide bonds. The number of anilines is 2. The topological polar surface area (TPSA) is 128 Å². The first-order valence-electron chi connectivity index (χ1n) is 12.7. The van der Waals surface area contributed by atoms with E-state index in [4.69, 9.17) is 0 Å². The third kappa shape index (κ3) is 5.13. The van der Waals surface area contributed by atoms with Crippen LogP contribution in [-0.4, -0.2) is 49.8 Å². The maximum atomic E-state index is 13.8. The molecule has 3 heterocycles. The molecule has 2 aromatic heterocycles. The van der Waals surface area contributed by atoms with Gasteiger partial charge in [-0.3, -0.25) is 9.98 Å². The van der Waals surface area contributed by atoms with E-state index in [2.05, 4.69) is 63.8 Å². The number of pyridine rings is 1. The van der Waals surface area contributed by atoms with Gasteiger partial charge in [0.05, 0.1) is 46.2 Å². The van der Waals surface area contributed by atoms with E-state index >= 15 is 0 Å². The van der Waals surface area contributed by atoms with Gasteiger partial charge in [0.1, 0.15) is 23.4 Å². The van der Waals surface area contributed by atoms with E-state index < -0.39 is 18.0 Å². The van der Waals surface area contributed by atoms with Crippen molar-refractivity contribution in [1.82, 2.24) is 20.0 Å². The third-order valence-corrected chi connectivity index (χ3v) is 8.07. The molecule has 0 radical (unpaired) electrons. The maximum Gasteiger partial charge on any atom is 0.263 e. The first-order chi connectivity index (χ1) is 18.6. The van der Waals surface area contributed by atoms with Crippen LogP contribution < -0.4 is 10.6 Å². The van der Waals surface area contributed by atoms with Crippen LogP contribution in [0.15, 0.2) is 29.5 Å². The summed E-state index contributed by atoms with van der Waals surface area (Å²) in [6.45, 7) is 8.90. The molecule has 3 atom stereocenters. The zero-order chi connectivity index (χ0) is 27.9. The molecule has 1 fully saturated rings. The Labute approximate surface area is 229 Å². The van der Waals surface area contributed by atoms with Crippen molar-refractivity contribution in [2.24, 2.45) is 10.4 Å². The SMILES string of the molecule is CC1SC=NC1[C@H](Nc1cc(C#N)c2ncc(C#N)c(NCC(C)(C)C)c2c1)c1cn(C2(C(F)F)CC2)nn1. The van der Waals surface area contributed by atoms with Gasteiger partial charge in [0.25, 0.3) is 6.43 Å². The van der Waals surface area contributed by atoms with Crippen LogP contribution in [0.25, 0.3) is 10.9 Å². The van der Waals surface area contributed by atoms with Crippen LogP contribution in [0.4, 0.5) is 20.2 Å². The molecule has 1 saturated carbocycles. The van der Waals surface area contributed by atoms with Gasteiger partial charge in [-0.15, -0.1) is 16.9 Å². The van der Waals surface area contributed by atoms with Gasteiger partial charge >= 0.3 is 0 Å². The standard InChI is InChI=1S/C27H29F2N9S/c1-15-21(34-14-39-15)24(20-12-38(37-36-20)27(5-6-27)25(28)29)35-18-7-16(9-30)22-19(8-18)23(17(10-31)11-32-22)33-13-26(2,3)4/h7-8,11-12,14-15,21,24-25,35H,5-6,13H2,1-4H3,(H,32,33)/t15?,21?,24-/m1/s1. The van der Waals surface area contributed by atoms with Crippen LogP contribution in [0.2, 0.25) is 0 Å². The lowest BCUT2D eigenvalue weighted by molar-refractivity contribution is 0.0593. The molecular weight excluding hydrogens is 520 g/mol. The van der Waals surface area contributed by atoms with Gasteiger partial charge < -0.3 is 10.6 Å². The number of rotatable bonds is 8. The van der Waals surface area contributed by atoms with Gasteiger partial charge in [-0.2, -0.15) is 10.5 Å². The summed E-state index contributed by atoms with van der Waals surface area (Å²) < 4.78 is 28.8. The van der Waals surface area contributed by atoms with Crippen LogP contribution in [0.5, 0.6) is 0 Å². The second kappa shape index (κ2) is 10.1. The number of fused-ring (bicyclic) bond motifs is 1. The summed E-state index contributed by atoms with van der Waals surface area (Å²) in [5.41, 5.74) is 3.33. The van der Waals surface area contributed by atoms with Gasteiger partial charge in [0.15, 0.2) is 0 Å². The molecule has 39 heavy (non-hydrogen) atoms. The maximum absolute atomic E-state index is 13.8. The second-order valence-electron chi connectivity index (χ2n) is 11.3. The molecule has 0 spiro atoms. The van der Waals surface area contributed by atoms with Crippen molar-refractivity contribution in [3.05, 3.63) is 41.3 Å². The summed E-state index contributed by atoms with van der Waals surface area (Å²) in [7, 11) is 0. The minimum Gasteiger partial charge on any atom is -0.383 e. The number of alkyl halides is 2. The van der Waals surface area contributed by atoms with E-state index in [9.17, 15) is 19.3 Å². The quantitative estimate of drug-likeness (QED) is 0.379. The molecule has 1 aromatic carbocycles. The molecule has 1 aliphatic heterocycles. The number of benzene rings is 1. The van der Waals surface area contributed by atoms with Gasteiger partial charge in [-0.25, -0.2) is 13.5 Å². The highest BCUT2D eigenvalue weighted by Crippen LogP contribution is 2.48. The van der Waals surface area contributed by atoms with Crippen molar-refractivity contribution >= 4 is 39.6 Å². The predicted octanol–water partition coefficient (Wildman–Crippen LogP) is 5.47. The third-order valence-electron chi connectivity index (χ3n) is 7.12. The van der Waals surface area contributed by atoms with E-state index in [0.717, 1.165) is 0 Å². The number of thioether (sulfide) groups is 1. The number of nitrogens with zero attached hydrogens (tertiary/aromatic N) is 7. The molecule has 202 valence electrons. The van der Waals surface area contributed by atoms with Gasteiger partial charge in [0, 0.05) is 29.1 Å². The Hall–Kier alpha value is -3.77. The highest BCUT2D eigenvalue weighted by atomic mass is 32.2. The molecule has 1 aliphatic carbocycles. The fraction of sp³-hybridized carbons (Fsp3) is 0.481. The number of nitrogens with one attached hydrogen (secondary N) is 2. The Bertz CT molecular complexity index is 1510. The Balaban J connectivity index is 1.58. The largest absolute Gasteiger partial charge is 0.383 e. The first-order valence-corrected chi connectivity index (χ1v) is 13.7. The van der Waals surface area contributed by atoms with E-state index in [1.165, 1.54) is 10.9 Å². The number of halogens is 2. The summed E-state index contributed by atoms with van der Waals surface area (Å²) in [5, 5.41) is 35.7. The van der Waals surface area contributed by atoms with Crippen molar-refractivity contribution in [2.75, 3.05) is 17.2 Å². The Morgan fingerprint density at radius 1 is 1.21 bits per heavy atom. The van der Waals surface area contributed by atoms with Gasteiger partial charge in [-0.1, -0.05) is 32.9 Å². The Morgan fingerprint density at radius 2 is 1.95 bits per heavy atom. The zero-order valence-electron chi connectivity index (χ0n) is 22.1. The Morgan fingerprint density at radius 3 is 2.54 bits per heavy atom. The molecule has 12 heteroatoms. The molecule has 0 bridgehead atoms. The summed E-state index contributed by atoms with van der Waals surface area (Å²) >= 11 is 1.58. The Kier molecular flexibility index (Phi) is 6.93. The summed E-state index contributed by atoms with van der Waals surface area (Å²) in [6.07, 6.45) is 1.24. The minimum absolute atomic E-state index is 0.0570. The van der Waals surface area contributed by atoms with Gasteiger partial charge in [-0.05, 0) is 30.4 Å². The molecule has 5 rings (SSSR count). The lowest BCUT2D eigenvalue weighted by Gasteiger charge is -2.26. The summed E-state index contributed by atoms with van der Waals surface area (Å²) in [6, 6.07) is 7.23. The van der Waals surface area contributed by atoms with Crippen molar-refractivity contribution in [3.8, 4) is 12.1 Å². The van der Waals surface area contributed by atoms with E-state index in [-0.39, 0.29) is 16.7 Å². The van der Waals surface area contributed by atoms with Crippen LogP contribution in [0.3, 0.4) is 0 Å². The average molecular weight is 550 g/mol. The summed E-state index contributed by atoms with van der Waals surface area (Å²) in [5.74, 6) is 0. The molecule has 2 unspecified atom stereocenters. The number of hydrogen-bond acceptors (Lipinski definition) is 9. The van der Waals surface area contributed by atoms with E-state index in [1.54, 1.807) is 29.6 Å². The van der Waals surface area contributed by atoms with Crippen LogP contribution >= 0.6 is 11.8 Å². The van der Waals surface area contributed by atoms with Crippen LogP contribution in [0.1, 0.15) is 63.4 Å². The fourth-order valence-corrected chi connectivity index (χ4v) is 5.48. The highest BCUT2D eigenvalue weighted by Gasteiger charge is 2.54. The molecule has 2 aliphatic rings. The molecular formula is C27H29F2N9S. The smallest absolute Gasteiger partial charge is 0.263 e. The number of nitriles is 2. The second-order valence-corrected chi connectivity index (χ2v) is 12.5. The fourth-order valence-electron chi connectivity index (χ4n) is 4.69. The number of aromatic nitrogens is 4. The zero-order valence-corrected chi connectivity index (χ0v) is 22.9. The molecule has 2 N–H and O–H groups in total. The molecule has 9 nitrogen and oxygen atoms in total.